The predicted octanol–water partition coefficient (Wildman–Crippen LogP) is 3.77. The molecule has 0 spiro atoms. The molecule has 0 saturated carbocycles. The van der Waals surface area contributed by atoms with Crippen LogP contribution in [-0.4, -0.2) is 77.4 Å². The number of likely N-dealkylation sites (tertiary alicyclic amines) is 1. The minimum atomic E-state index is -0.853. The van der Waals surface area contributed by atoms with Gasteiger partial charge in [0.05, 0.1) is 19.1 Å². The Labute approximate surface area is 243 Å². The van der Waals surface area contributed by atoms with E-state index in [2.05, 4.69) is 11.8 Å². The molecule has 4 rings (SSSR count). The van der Waals surface area contributed by atoms with Crippen molar-refractivity contribution in [3.63, 3.8) is 0 Å². The monoisotopic (exact) mass is 567 g/mol. The van der Waals surface area contributed by atoms with Crippen LogP contribution in [0.2, 0.25) is 0 Å². The first-order valence-corrected chi connectivity index (χ1v) is 15.0. The number of aryl methyl sites for hydroxylation is 1. The maximum Gasteiger partial charge on any atom is 0.308 e. The second-order valence-corrected chi connectivity index (χ2v) is 11.1. The van der Waals surface area contributed by atoms with Crippen LogP contribution >= 0.6 is 0 Å². The lowest BCUT2D eigenvalue weighted by Gasteiger charge is -2.30. The van der Waals surface area contributed by atoms with Gasteiger partial charge in [-0.05, 0) is 73.9 Å². The number of amides is 1. The highest BCUT2D eigenvalue weighted by atomic mass is 16.7. The van der Waals surface area contributed by atoms with Gasteiger partial charge in [0.25, 0.3) is 0 Å². The van der Waals surface area contributed by atoms with Gasteiger partial charge in [-0.1, -0.05) is 43.7 Å². The van der Waals surface area contributed by atoms with E-state index in [1.807, 2.05) is 47.4 Å². The van der Waals surface area contributed by atoms with Crippen molar-refractivity contribution in [1.29, 1.82) is 0 Å². The number of carboxylic acids is 1. The number of unbranched alkanes of at least 4 members (excludes halogenated alkanes) is 2. The summed E-state index contributed by atoms with van der Waals surface area (Å²) in [5.74, 6) is -0.475. The zero-order valence-corrected chi connectivity index (χ0v) is 24.2. The lowest BCUT2D eigenvalue weighted by atomic mass is 9.83. The van der Waals surface area contributed by atoms with Crippen LogP contribution in [0.5, 0.6) is 11.5 Å². The highest BCUT2D eigenvalue weighted by molar-refractivity contribution is 5.79. The molecule has 224 valence electrons. The third kappa shape index (κ3) is 7.78. The highest BCUT2D eigenvalue weighted by Crippen LogP contribution is 2.43. The molecule has 0 aliphatic carbocycles. The van der Waals surface area contributed by atoms with Gasteiger partial charge in [0, 0.05) is 31.6 Å². The quantitative estimate of drug-likeness (QED) is 0.262. The summed E-state index contributed by atoms with van der Waals surface area (Å²) in [6.07, 6.45) is 5.77. The van der Waals surface area contributed by atoms with Crippen LogP contribution in [0.3, 0.4) is 0 Å². The van der Waals surface area contributed by atoms with Crippen LogP contribution in [0.4, 0.5) is 0 Å². The van der Waals surface area contributed by atoms with E-state index in [4.69, 9.17) is 15.2 Å². The molecular weight excluding hydrogens is 522 g/mol. The molecule has 0 bridgehead atoms. The molecule has 4 N–H and O–H groups in total. The molecular formula is C32H45N3O6. The number of benzene rings is 2. The van der Waals surface area contributed by atoms with Gasteiger partial charge in [0.2, 0.25) is 12.7 Å². The molecule has 2 aromatic rings. The largest absolute Gasteiger partial charge is 0.481 e. The van der Waals surface area contributed by atoms with Crippen molar-refractivity contribution in [2.75, 3.05) is 39.5 Å². The van der Waals surface area contributed by atoms with Crippen LogP contribution in [0, 0.1) is 5.92 Å². The summed E-state index contributed by atoms with van der Waals surface area (Å²) in [7, 11) is 0. The van der Waals surface area contributed by atoms with Gasteiger partial charge in [-0.3, -0.25) is 14.5 Å². The summed E-state index contributed by atoms with van der Waals surface area (Å²) in [6.45, 7) is 4.87. The number of rotatable bonds is 16. The Morgan fingerprint density at radius 2 is 1.78 bits per heavy atom. The van der Waals surface area contributed by atoms with Crippen molar-refractivity contribution >= 4 is 11.9 Å². The van der Waals surface area contributed by atoms with Crippen molar-refractivity contribution < 1.29 is 29.3 Å². The number of nitrogens with zero attached hydrogens (tertiary/aromatic N) is 2. The number of aliphatic hydroxyl groups excluding tert-OH is 1. The Balaban J connectivity index is 1.56. The fraction of sp³-hybridized carbons (Fsp3) is 0.562. The zero-order valence-electron chi connectivity index (χ0n) is 24.2. The molecule has 0 aromatic heterocycles. The summed E-state index contributed by atoms with van der Waals surface area (Å²) < 4.78 is 11.1. The van der Waals surface area contributed by atoms with E-state index in [0.717, 1.165) is 55.2 Å². The van der Waals surface area contributed by atoms with E-state index in [1.54, 1.807) is 0 Å². The lowest BCUT2D eigenvalue weighted by molar-refractivity contribution is -0.143. The van der Waals surface area contributed by atoms with Gasteiger partial charge in [0.15, 0.2) is 11.5 Å². The van der Waals surface area contributed by atoms with Crippen LogP contribution in [0.15, 0.2) is 42.5 Å². The Kier molecular flexibility index (Phi) is 11.4. The van der Waals surface area contributed by atoms with E-state index < -0.39 is 11.9 Å². The summed E-state index contributed by atoms with van der Waals surface area (Å²) in [4.78, 5) is 30.5. The van der Waals surface area contributed by atoms with Gasteiger partial charge in [0.1, 0.15) is 0 Å². The van der Waals surface area contributed by atoms with E-state index in [1.165, 1.54) is 0 Å². The zero-order chi connectivity index (χ0) is 29.2. The molecule has 9 nitrogen and oxygen atoms in total. The average molecular weight is 568 g/mol. The smallest absolute Gasteiger partial charge is 0.308 e. The molecule has 1 amide bonds. The molecule has 2 aliphatic heterocycles. The first kappa shape index (κ1) is 30.8. The SMILES string of the molecule is CCCCN(CCCCN)C(=O)CN1C[C@H](c2ccc3c(c2)OCO3)[C@@H](C(=O)O)[C@@H]1CCCc1ccccc1CO. The number of fused-ring (bicyclic) bond motifs is 1. The van der Waals surface area contributed by atoms with Crippen LogP contribution in [0.1, 0.15) is 68.1 Å². The first-order chi connectivity index (χ1) is 20.0. The fourth-order valence-electron chi connectivity index (χ4n) is 6.22. The van der Waals surface area contributed by atoms with Crippen LogP contribution in [0.25, 0.3) is 0 Å². The highest BCUT2D eigenvalue weighted by Gasteiger charge is 2.47. The number of ether oxygens (including phenoxy) is 2. The first-order valence-electron chi connectivity index (χ1n) is 15.0. The maximum absolute atomic E-state index is 13.6. The number of carbonyl (C=O) groups excluding carboxylic acids is 1. The third-order valence-electron chi connectivity index (χ3n) is 8.45. The van der Waals surface area contributed by atoms with Gasteiger partial charge in [-0.25, -0.2) is 0 Å². The Bertz CT molecular complexity index is 1160. The van der Waals surface area contributed by atoms with E-state index in [-0.39, 0.29) is 37.8 Å². The molecule has 1 fully saturated rings. The van der Waals surface area contributed by atoms with E-state index in [0.29, 0.717) is 44.1 Å². The van der Waals surface area contributed by atoms with Gasteiger partial charge in [-0.2, -0.15) is 0 Å². The molecule has 2 aromatic carbocycles. The minimum Gasteiger partial charge on any atom is -0.481 e. The van der Waals surface area contributed by atoms with Crippen molar-refractivity contribution in [1.82, 2.24) is 9.80 Å². The molecule has 2 heterocycles. The van der Waals surface area contributed by atoms with Crippen LogP contribution < -0.4 is 15.2 Å². The van der Waals surface area contributed by atoms with Crippen LogP contribution in [-0.2, 0) is 22.6 Å². The predicted molar refractivity (Wildman–Crippen MR) is 157 cm³/mol. The number of hydrogen-bond acceptors (Lipinski definition) is 7. The number of hydrogen-bond donors (Lipinski definition) is 3. The fourth-order valence-corrected chi connectivity index (χ4v) is 6.22. The number of aliphatic hydroxyl groups is 1. The number of carboxylic acid groups (broad SMARTS) is 1. The summed E-state index contributed by atoms with van der Waals surface area (Å²) in [5, 5.41) is 20.3. The molecule has 1 saturated heterocycles. The van der Waals surface area contributed by atoms with Gasteiger partial charge >= 0.3 is 5.97 Å². The normalized spacial score (nSPS) is 19.9. The molecule has 0 radical (unpaired) electrons. The summed E-state index contributed by atoms with van der Waals surface area (Å²) in [6, 6.07) is 13.2. The van der Waals surface area contributed by atoms with E-state index >= 15 is 0 Å². The second-order valence-electron chi connectivity index (χ2n) is 11.1. The molecule has 0 unspecified atom stereocenters. The van der Waals surface area contributed by atoms with E-state index in [9.17, 15) is 19.8 Å². The second kappa shape index (κ2) is 15.2. The Morgan fingerprint density at radius 1 is 1.02 bits per heavy atom. The average Bonchev–Trinajstić information content (AvgIpc) is 3.59. The number of carbonyl (C=O) groups is 2. The Hall–Kier alpha value is -3.14. The molecule has 2 aliphatic rings. The molecule has 41 heavy (non-hydrogen) atoms. The lowest BCUT2D eigenvalue weighted by Crippen LogP contribution is -2.44. The number of nitrogens with two attached hydrogens (primary N) is 1. The summed E-state index contributed by atoms with van der Waals surface area (Å²) in [5.41, 5.74) is 8.55. The molecule has 9 heteroatoms. The maximum atomic E-state index is 13.6. The van der Waals surface area contributed by atoms with Crippen molar-refractivity contribution in [2.24, 2.45) is 11.7 Å². The van der Waals surface area contributed by atoms with Crippen molar-refractivity contribution in [2.45, 2.75) is 70.4 Å². The minimum absolute atomic E-state index is 0.0259. The Morgan fingerprint density at radius 3 is 2.51 bits per heavy atom. The van der Waals surface area contributed by atoms with Crippen molar-refractivity contribution in [3.05, 3.63) is 59.2 Å². The van der Waals surface area contributed by atoms with Gasteiger partial charge < -0.3 is 30.3 Å². The topological polar surface area (TPSA) is 126 Å². The standard InChI is InChI=1S/C32H45N3O6/c1-2-3-16-34(17-7-6-15-33)30(37)20-35-19-26(24-13-14-28-29(18-24)41-22-40-28)31(32(38)39)27(35)12-8-11-23-9-4-5-10-25(23)21-36/h4-5,9-10,13-14,18,26-27,31,36H,2-3,6-8,11-12,15-17,19-22,33H2,1H3,(H,38,39)/t26-,27+,31-/m1/s1. The number of aliphatic carboxylic acids is 1. The van der Waals surface area contributed by atoms with Crippen molar-refractivity contribution in [3.8, 4) is 11.5 Å². The third-order valence-corrected chi connectivity index (χ3v) is 8.45. The van der Waals surface area contributed by atoms with Gasteiger partial charge in [-0.15, -0.1) is 0 Å². The summed E-state index contributed by atoms with van der Waals surface area (Å²) >= 11 is 0. The molecule has 3 atom stereocenters.